The van der Waals surface area contributed by atoms with Gasteiger partial charge in [-0.25, -0.2) is 14.6 Å². The highest BCUT2D eigenvalue weighted by molar-refractivity contribution is 7.13. The molecule has 0 aromatic carbocycles. The van der Waals surface area contributed by atoms with E-state index in [9.17, 15) is 4.79 Å². The molecule has 0 aliphatic rings. The van der Waals surface area contributed by atoms with E-state index >= 15 is 0 Å². The summed E-state index contributed by atoms with van der Waals surface area (Å²) in [6, 6.07) is 5.57. The Kier molecular flexibility index (Phi) is 4.28. The second kappa shape index (κ2) is 6.89. The van der Waals surface area contributed by atoms with Gasteiger partial charge in [0, 0.05) is 54.9 Å². The van der Waals surface area contributed by atoms with Crippen molar-refractivity contribution in [1.29, 1.82) is 0 Å². The zero-order valence-electron chi connectivity index (χ0n) is 13.9. The average molecular weight is 365 g/mol. The zero-order valence-corrected chi connectivity index (χ0v) is 14.7. The maximum absolute atomic E-state index is 12.4. The van der Waals surface area contributed by atoms with E-state index < -0.39 is 0 Å². The van der Waals surface area contributed by atoms with Crippen molar-refractivity contribution in [3.63, 3.8) is 0 Å². The van der Waals surface area contributed by atoms with Gasteiger partial charge in [-0.15, -0.1) is 11.3 Å². The summed E-state index contributed by atoms with van der Waals surface area (Å²) in [4.78, 5) is 21.2. The van der Waals surface area contributed by atoms with Crippen LogP contribution >= 0.6 is 11.3 Å². The van der Waals surface area contributed by atoms with E-state index in [0.29, 0.717) is 18.1 Å². The molecule has 4 aromatic rings. The lowest BCUT2D eigenvalue weighted by atomic mass is 10.2. The fraction of sp³-hybridized carbons (Fsp3) is 0.118. The van der Waals surface area contributed by atoms with Crippen LogP contribution in [0, 0.1) is 0 Å². The first kappa shape index (κ1) is 16.2. The van der Waals surface area contributed by atoms with Crippen molar-refractivity contribution < 1.29 is 4.79 Å². The molecule has 0 aliphatic heterocycles. The third-order valence-electron chi connectivity index (χ3n) is 3.72. The van der Waals surface area contributed by atoms with Crippen LogP contribution < -0.4 is 5.32 Å². The van der Waals surface area contributed by atoms with Crippen molar-refractivity contribution in [3.8, 4) is 16.4 Å². The molecule has 0 saturated carbocycles. The normalized spacial score (nSPS) is 10.8. The monoisotopic (exact) mass is 365 g/mol. The summed E-state index contributed by atoms with van der Waals surface area (Å²) < 4.78 is 3.38. The number of thiazole rings is 1. The zero-order chi connectivity index (χ0) is 17.9. The summed E-state index contributed by atoms with van der Waals surface area (Å²) in [6.45, 7) is 0.335. The number of nitrogens with one attached hydrogen (secondary N) is 1. The van der Waals surface area contributed by atoms with Crippen molar-refractivity contribution in [2.45, 2.75) is 6.54 Å². The molecule has 1 N–H and O–H groups in total. The maximum Gasteiger partial charge on any atom is 0.271 e. The molecule has 0 radical (unpaired) electrons. The van der Waals surface area contributed by atoms with Crippen molar-refractivity contribution in [1.82, 2.24) is 34.8 Å². The molecule has 4 rings (SSSR count). The van der Waals surface area contributed by atoms with Gasteiger partial charge < -0.3 is 5.32 Å². The number of amides is 1. The number of pyridine rings is 1. The van der Waals surface area contributed by atoms with Gasteiger partial charge in [-0.2, -0.15) is 10.2 Å². The Balaban J connectivity index is 1.48. The van der Waals surface area contributed by atoms with Crippen LogP contribution in [0.1, 0.15) is 16.1 Å². The molecule has 0 bridgehead atoms. The number of hydrogen-bond donors (Lipinski definition) is 1. The van der Waals surface area contributed by atoms with Gasteiger partial charge in [-0.1, -0.05) is 6.07 Å². The van der Waals surface area contributed by atoms with Gasteiger partial charge in [0.15, 0.2) is 5.82 Å². The first-order chi connectivity index (χ1) is 12.7. The Labute approximate surface area is 153 Å². The number of aromatic nitrogens is 6. The summed E-state index contributed by atoms with van der Waals surface area (Å²) in [5, 5.41) is 13.7. The topological polar surface area (TPSA) is 90.5 Å². The molecule has 0 saturated heterocycles. The van der Waals surface area contributed by atoms with Gasteiger partial charge in [0.2, 0.25) is 0 Å². The summed E-state index contributed by atoms with van der Waals surface area (Å²) >= 11 is 1.42. The SMILES string of the molecule is Cn1cc(-c2nc(C(=O)NCc3cccnc3-n3cccn3)cs2)cn1. The van der Waals surface area contributed by atoms with Gasteiger partial charge in [-0.05, 0) is 12.1 Å². The minimum atomic E-state index is -0.230. The van der Waals surface area contributed by atoms with Crippen molar-refractivity contribution in [2.24, 2.45) is 7.05 Å². The van der Waals surface area contributed by atoms with Crippen molar-refractivity contribution in [2.75, 3.05) is 0 Å². The van der Waals surface area contributed by atoms with Crippen LogP contribution in [0.2, 0.25) is 0 Å². The molecule has 0 fully saturated rings. The third kappa shape index (κ3) is 3.24. The van der Waals surface area contributed by atoms with Crippen LogP contribution in [-0.4, -0.2) is 35.4 Å². The van der Waals surface area contributed by atoms with Gasteiger partial charge in [-0.3, -0.25) is 9.48 Å². The van der Waals surface area contributed by atoms with E-state index in [-0.39, 0.29) is 5.91 Å². The quantitative estimate of drug-likeness (QED) is 0.585. The van der Waals surface area contributed by atoms with Crippen LogP contribution in [-0.2, 0) is 13.6 Å². The minimum absolute atomic E-state index is 0.230. The molecule has 0 unspecified atom stereocenters. The van der Waals surface area contributed by atoms with E-state index in [1.54, 1.807) is 33.3 Å². The van der Waals surface area contributed by atoms with E-state index in [0.717, 1.165) is 16.1 Å². The lowest BCUT2D eigenvalue weighted by Gasteiger charge is -2.09. The second-order valence-corrected chi connectivity index (χ2v) is 6.42. The van der Waals surface area contributed by atoms with Gasteiger partial charge in [0.1, 0.15) is 10.7 Å². The first-order valence-electron chi connectivity index (χ1n) is 7.87. The maximum atomic E-state index is 12.4. The summed E-state index contributed by atoms with van der Waals surface area (Å²) in [6.07, 6.45) is 8.79. The molecule has 26 heavy (non-hydrogen) atoms. The smallest absolute Gasteiger partial charge is 0.271 e. The number of hydrogen-bond acceptors (Lipinski definition) is 6. The molecule has 8 nitrogen and oxygen atoms in total. The van der Waals surface area contributed by atoms with Crippen LogP contribution in [0.15, 0.2) is 54.6 Å². The van der Waals surface area contributed by atoms with Crippen molar-refractivity contribution >= 4 is 17.2 Å². The fourth-order valence-corrected chi connectivity index (χ4v) is 3.25. The minimum Gasteiger partial charge on any atom is -0.346 e. The molecule has 4 heterocycles. The highest BCUT2D eigenvalue weighted by Crippen LogP contribution is 2.23. The number of rotatable bonds is 5. The molecule has 0 aliphatic carbocycles. The van der Waals surface area contributed by atoms with Crippen LogP contribution in [0.25, 0.3) is 16.4 Å². The second-order valence-electron chi connectivity index (χ2n) is 5.56. The number of nitrogens with zero attached hydrogens (tertiary/aromatic N) is 6. The Hall–Kier alpha value is -3.33. The van der Waals surface area contributed by atoms with Crippen LogP contribution in [0.4, 0.5) is 0 Å². The Bertz CT molecular complexity index is 1040. The molecule has 9 heteroatoms. The lowest BCUT2D eigenvalue weighted by molar-refractivity contribution is 0.0946. The Morgan fingerprint density at radius 3 is 2.96 bits per heavy atom. The van der Waals surface area contributed by atoms with Gasteiger partial charge in [0.05, 0.1) is 6.20 Å². The number of carbonyl (C=O) groups is 1. The van der Waals surface area contributed by atoms with E-state index in [4.69, 9.17) is 0 Å². The fourth-order valence-electron chi connectivity index (χ4n) is 2.48. The van der Waals surface area contributed by atoms with Crippen LogP contribution in [0.3, 0.4) is 0 Å². The van der Waals surface area contributed by atoms with E-state index in [1.165, 1.54) is 11.3 Å². The molecule has 130 valence electrons. The van der Waals surface area contributed by atoms with Gasteiger partial charge >= 0.3 is 0 Å². The number of aryl methyl sites for hydroxylation is 1. The molecule has 0 atom stereocenters. The van der Waals surface area contributed by atoms with Gasteiger partial charge in [0.25, 0.3) is 5.91 Å². The largest absolute Gasteiger partial charge is 0.346 e. The van der Waals surface area contributed by atoms with Crippen LogP contribution in [0.5, 0.6) is 0 Å². The first-order valence-corrected chi connectivity index (χ1v) is 8.75. The molecular formula is C17H15N7OS. The molecular weight excluding hydrogens is 350 g/mol. The summed E-state index contributed by atoms with van der Waals surface area (Å²) in [7, 11) is 1.84. The third-order valence-corrected chi connectivity index (χ3v) is 4.61. The Morgan fingerprint density at radius 2 is 2.19 bits per heavy atom. The summed E-state index contributed by atoms with van der Waals surface area (Å²) in [5.74, 6) is 0.457. The van der Waals surface area contributed by atoms with E-state index in [1.807, 2.05) is 37.6 Å². The van der Waals surface area contributed by atoms with Crippen molar-refractivity contribution in [3.05, 3.63) is 65.8 Å². The number of carbonyl (C=O) groups excluding carboxylic acids is 1. The lowest BCUT2D eigenvalue weighted by Crippen LogP contribution is -2.24. The highest BCUT2D eigenvalue weighted by atomic mass is 32.1. The molecule has 4 aromatic heterocycles. The predicted octanol–water partition coefficient (Wildman–Crippen LogP) is 2.05. The average Bonchev–Trinajstić information content (AvgIpc) is 3.40. The molecule has 1 amide bonds. The van der Waals surface area contributed by atoms with E-state index in [2.05, 4.69) is 25.5 Å². The standard InChI is InChI=1S/C17H15N7OS/c1-23-10-13(9-21-23)17-22-14(11-26-17)16(25)19-8-12-4-2-5-18-15(12)24-7-3-6-20-24/h2-7,9-11H,8H2,1H3,(H,19,25). The predicted molar refractivity (Wildman–Crippen MR) is 96.8 cm³/mol. The summed E-state index contributed by atoms with van der Waals surface area (Å²) in [5.41, 5.74) is 2.15. The Morgan fingerprint density at radius 1 is 1.27 bits per heavy atom. The molecule has 0 spiro atoms. The highest BCUT2D eigenvalue weighted by Gasteiger charge is 2.14.